The molecule has 1 aliphatic heterocycles. The molecule has 2 heterocycles. The lowest BCUT2D eigenvalue weighted by Crippen LogP contribution is -2.44. The number of likely N-dealkylation sites (tertiary alicyclic amines) is 1. The van der Waals surface area contributed by atoms with Crippen LogP contribution in [0, 0.1) is 29.5 Å². The van der Waals surface area contributed by atoms with E-state index >= 15 is 0 Å². The van der Waals surface area contributed by atoms with Crippen LogP contribution in [-0.2, 0) is 11.2 Å². The fourth-order valence-electron chi connectivity index (χ4n) is 4.73. The first-order valence-electron chi connectivity index (χ1n) is 11.7. The van der Waals surface area contributed by atoms with E-state index in [-0.39, 0.29) is 11.7 Å². The molecule has 0 spiro atoms. The number of hydrogen-bond acceptors (Lipinski definition) is 4. The highest BCUT2D eigenvalue weighted by molar-refractivity contribution is 5.83. The van der Waals surface area contributed by atoms with Crippen LogP contribution in [-0.4, -0.2) is 47.7 Å². The van der Waals surface area contributed by atoms with Gasteiger partial charge in [0.1, 0.15) is 11.6 Å². The Morgan fingerprint density at radius 3 is 2.91 bits per heavy atom. The second kappa shape index (κ2) is 11.1. The van der Waals surface area contributed by atoms with Crippen molar-refractivity contribution in [2.75, 3.05) is 26.7 Å². The van der Waals surface area contributed by atoms with Gasteiger partial charge in [-0.2, -0.15) is 0 Å². The van der Waals surface area contributed by atoms with Crippen LogP contribution in [0.1, 0.15) is 30.4 Å². The van der Waals surface area contributed by atoms with Gasteiger partial charge in [0.05, 0.1) is 30.7 Å². The van der Waals surface area contributed by atoms with Gasteiger partial charge < -0.3 is 9.84 Å². The molecule has 1 saturated heterocycles. The number of piperidine rings is 1. The van der Waals surface area contributed by atoms with Gasteiger partial charge in [-0.05, 0) is 74.0 Å². The van der Waals surface area contributed by atoms with Crippen molar-refractivity contribution >= 4 is 16.9 Å². The number of pyridine rings is 1. The summed E-state index contributed by atoms with van der Waals surface area (Å²) in [7, 11) is 1.64. The molecule has 3 aromatic rings. The average Bonchev–Trinajstić information content (AvgIpc) is 2.85. The molecule has 0 bridgehead atoms. The van der Waals surface area contributed by atoms with Crippen LogP contribution in [0.2, 0.25) is 0 Å². The minimum Gasteiger partial charge on any atom is -0.497 e. The number of benzene rings is 2. The lowest BCUT2D eigenvalue weighted by atomic mass is 9.81. The minimum atomic E-state index is -0.752. The molecule has 2 atom stereocenters. The molecule has 0 radical (unpaired) electrons. The number of carboxylic acids is 1. The number of aromatic nitrogens is 1. The van der Waals surface area contributed by atoms with Crippen molar-refractivity contribution in [2.24, 2.45) is 11.8 Å². The minimum absolute atomic E-state index is 0.140. The largest absolute Gasteiger partial charge is 0.497 e. The number of rotatable bonds is 7. The summed E-state index contributed by atoms with van der Waals surface area (Å²) in [4.78, 5) is 18.5. The number of aliphatic carboxylic acids is 1. The number of aryl methyl sites for hydroxylation is 1. The standard InChI is InChI=1S/C28H29FN2O3/c1-34-23-11-12-24-20(13-15-30-27(24)18-23)7-4-8-21-14-17-31(19-25(21)28(32)33)16-5-9-22-6-2-3-10-26(22)29/h2-3,6,10-13,15,18,21,25H,4,7-8,14,16-17,19H2,1H3,(H,32,33)/t21-,25+/m1/s1. The van der Waals surface area contributed by atoms with E-state index in [2.05, 4.69) is 21.7 Å². The lowest BCUT2D eigenvalue weighted by molar-refractivity contribution is -0.146. The topological polar surface area (TPSA) is 62.7 Å². The molecule has 5 nitrogen and oxygen atoms in total. The van der Waals surface area contributed by atoms with Crippen LogP contribution in [0.5, 0.6) is 5.75 Å². The summed E-state index contributed by atoms with van der Waals surface area (Å²) in [5.74, 6) is 5.29. The highest BCUT2D eigenvalue weighted by Crippen LogP contribution is 2.30. The van der Waals surface area contributed by atoms with Gasteiger partial charge in [0.2, 0.25) is 0 Å². The number of fused-ring (bicyclic) bond motifs is 1. The molecule has 176 valence electrons. The quantitative estimate of drug-likeness (QED) is 0.514. The van der Waals surface area contributed by atoms with Crippen LogP contribution in [0.3, 0.4) is 0 Å². The van der Waals surface area contributed by atoms with Crippen molar-refractivity contribution in [1.82, 2.24) is 9.88 Å². The fourth-order valence-corrected chi connectivity index (χ4v) is 4.73. The predicted molar refractivity (Wildman–Crippen MR) is 130 cm³/mol. The zero-order valence-corrected chi connectivity index (χ0v) is 19.3. The first-order chi connectivity index (χ1) is 16.5. The zero-order valence-electron chi connectivity index (χ0n) is 19.3. The summed E-state index contributed by atoms with van der Waals surface area (Å²) in [5.41, 5.74) is 2.50. The van der Waals surface area contributed by atoms with Gasteiger partial charge in [-0.15, -0.1) is 0 Å². The molecular weight excluding hydrogens is 431 g/mol. The third-order valence-electron chi connectivity index (χ3n) is 6.62. The second-order valence-electron chi connectivity index (χ2n) is 8.76. The Hall–Kier alpha value is -3.43. The summed E-state index contributed by atoms with van der Waals surface area (Å²) in [6.07, 6.45) is 5.31. The molecule has 0 saturated carbocycles. The van der Waals surface area contributed by atoms with Crippen LogP contribution >= 0.6 is 0 Å². The first-order valence-corrected chi connectivity index (χ1v) is 11.7. The first kappa shape index (κ1) is 23.7. The van der Waals surface area contributed by atoms with Gasteiger partial charge in [0, 0.05) is 24.2 Å². The summed E-state index contributed by atoms with van der Waals surface area (Å²) in [5, 5.41) is 11.0. The molecule has 1 aliphatic rings. The second-order valence-corrected chi connectivity index (χ2v) is 8.76. The Morgan fingerprint density at radius 2 is 2.12 bits per heavy atom. The van der Waals surface area contributed by atoms with Gasteiger partial charge in [-0.1, -0.05) is 24.0 Å². The van der Waals surface area contributed by atoms with Crippen molar-refractivity contribution in [1.29, 1.82) is 0 Å². The van der Waals surface area contributed by atoms with Crippen LogP contribution in [0.25, 0.3) is 10.9 Å². The highest BCUT2D eigenvalue weighted by atomic mass is 19.1. The molecule has 4 rings (SSSR count). The maximum atomic E-state index is 13.7. The van der Waals surface area contributed by atoms with Gasteiger partial charge in [0.15, 0.2) is 0 Å². The van der Waals surface area contributed by atoms with Gasteiger partial charge in [0.25, 0.3) is 0 Å². The van der Waals surface area contributed by atoms with E-state index in [1.54, 1.807) is 25.3 Å². The molecule has 0 unspecified atom stereocenters. The maximum Gasteiger partial charge on any atom is 0.308 e. The predicted octanol–water partition coefficient (Wildman–Crippen LogP) is 4.78. The van der Waals surface area contributed by atoms with Gasteiger partial charge in [-0.3, -0.25) is 14.7 Å². The summed E-state index contributed by atoms with van der Waals surface area (Å²) < 4.78 is 19.0. The number of methoxy groups -OCH3 is 1. The molecule has 2 aromatic carbocycles. The van der Waals surface area contributed by atoms with Crippen LogP contribution in [0.15, 0.2) is 54.7 Å². The molecule has 1 fully saturated rings. The number of carboxylic acid groups (broad SMARTS) is 1. The van der Waals surface area contributed by atoms with Crippen molar-refractivity contribution in [3.05, 3.63) is 71.7 Å². The smallest absolute Gasteiger partial charge is 0.308 e. The van der Waals surface area contributed by atoms with Gasteiger partial charge in [-0.25, -0.2) is 4.39 Å². The number of ether oxygens (including phenoxy) is 1. The normalized spacial score (nSPS) is 18.3. The molecule has 6 heteroatoms. The number of nitrogens with zero attached hydrogens (tertiary/aromatic N) is 2. The highest BCUT2D eigenvalue weighted by Gasteiger charge is 2.33. The Kier molecular flexibility index (Phi) is 7.76. The molecule has 0 amide bonds. The fraction of sp³-hybridized carbons (Fsp3) is 0.357. The molecule has 1 aromatic heterocycles. The van der Waals surface area contributed by atoms with Crippen molar-refractivity contribution in [3.63, 3.8) is 0 Å². The number of hydrogen-bond donors (Lipinski definition) is 1. The summed E-state index contributed by atoms with van der Waals surface area (Å²) in [6.45, 7) is 1.72. The van der Waals surface area contributed by atoms with E-state index in [0.29, 0.717) is 18.7 Å². The van der Waals surface area contributed by atoms with Crippen molar-refractivity contribution < 1.29 is 19.0 Å². The Morgan fingerprint density at radius 1 is 1.26 bits per heavy atom. The molecular formula is C28H29FN2O3. The summed E-state index contributed by atoms with van der Waals surface area (Å²) in [6, 6.07) is 14.4. The van der Waals surface area contributed by atoms with E-state index in [1.165, 1.54) is 11.6 Å². The van der Waals surface area contributed by atoms with Crippen molar-refractivity contribution in [3.8, 4) is 17.6 Å². The third-order valence-corrected chi connectivity index (χ3v) is 6.62. The number of carbonyl (C=O) groups is 1. The monoisotopic (exact) mass is 460 g/mol. The van der Waals surface area contributed by atoms with Crippen molar-refractivity contribution in [2.45, 2.75) is 25.7 Å². The third kappa shape index (κ3) is 5.73. The van der Waals surface area contributed by atoms with E-state index in [1.807, 2.05) is 30.5 Å². The van der Waals surface area contributed by atoms with E-state index < -0.39 is 11.9 Å². The van der Waals surface area contributed by atoms with E-state index in [4.69, 9.17) is 4.74 Å². The summed E-state index contributed by atoms with van der Waals surface area (Å²) >= 11 is 0. The molecule has 34 heavy (non-hydrogen) atoms. The zero-order chi connectivity index (χ0) is 23.9. The Labute approximate surface area is 199 Å². The van der Waals surface area contributed by atoms with Gasteiger partial charge >= 0.3 is 5.97 Å². The SMILES string of the molecule is COc1ccc2c(CCC[C@@H]3CCN(CC#Cc4ccccc4F)C[C@@H]3C(=O)O)ccnc2c1. The van der Waals surface area contributed by atoms with Crippen LogP contribution < -0.4 is 4.74 Å². The van der Waals surface area contributed by atoms with E-state index in [9.17, 15) is 14.3 Å². The lowest BCUT2D eigenvalue weighted by Gasteiger charge is -2.35. The Bertz CT molecular complexity index is 1220. The number of halogens is 1. The Balaban J connectivity index is 1.33. The maximum absolute atomic E-state index is 13.7. The molecule has 0 aliphatic carbocycles. The average molecular weight is 461 g/mol. The molecule has 1 N–H and O–H groups in total. The van der Waals surface area contributed by atoms with Crippen LogP contribution in [0.4, 0.5) is 4.39 Å². The van der Waals surface area contributed by atoms with E-state index in [0.717, 1.165) is 48.9 Å².